The number of fused-ring (bicyclic) bond motifs is 4. The zero-order chi connectivity index (χ0) is 90.1. The van der Waals surface area contributed by atoms with Gasteiger partial charge in [0.25, 0.3) is 23.6 Å². The van der Waals surface area contributed by atoms with Crippen LogP contribution in [0.25, 0.3) is 22.6 Å². The highest BCUT2D eigenvalue weighted by Gasteiger charge is 2.36. The van der Waals surface area contributed by atoms with E-state index in [1.165, 1.54) is 23.3 Å². The Bertz CT molecular complexity index is 6080. The largest absolute Gasteiger partial charge is 0.381 e. The second kappa shape index (κ2) is 39.1. The molecule has 12 N–H and O–H groups in total. The van der Waals surface area contributed by atoms with Gasteiger partial charge in [0, 0.05) is 110 Å². The average molecular weight is 1770 g/mol. The summed E-state index contributed by atoms with van der Waals surface area (Å²) in [6.07, 6.45) is 29.2. The van der Waals surface area contributed by atoms with Crippen LogP contribution in [-0.2, 0) is 14.3 Å². The van der Waals surface area contributed by atoms with Gasteiger partial charge in [0.15, 0.2) is 80.8 Å². The second-order valence-corrected chi connectivity index (χ2v) is 31.9. The summed E-state index contributed by atoms with van der Waals surface area (Å²) in [5.74, 6) is -6.09. The van der Waals surface area contributed by atoms with E-state index in [0.717, 1.165) is 171 Å². The number of amides is 6. The first kappa shape index (κ1) is 88.6. The molecule has 12 aromatic rings. The number of ether oxygens (including phenoxy) is 1. The van der Waals surface area contributed by atoms with Gasteiger partial charge in [-0.2, -0.15) is 0 Å². The van der Waals surface area contributed by atoms with Crippen molar-refractivity contribution in [2.45, 2.75) is 76.0 Å². The predicted octanol–water partition coefficient (Wildman–Crippen LogP) is 5.69. The monoisotopic (exact) mass is 1770 g/mol. The van der Waals surface area contributed by atoms with Gasteiger partial charge >= 0.3 is 0 Å². The maximum absolute atomic E-state index is 14.9. The molecule has 0 atom stereocenters. The van der Waals surface area contributed by atoms with Crippen LogP contribution >= 0.6 is 0 Å². The Labute approximate surface area is 727 Å². The number of carbonyl (C=O) groups is 6. The number of halogens is 6. The van der Waals surface area contributed by atoms with Crippen molar-refractivity contribution in [1.82, 2.24) is 103 Å². The molecule has 6 aliphatic heterocycles. The van der Waals surface area contributed by atoms with E-state index >= 15 is 0 Å². The summed E-state index contributed by atoms with van der Waals surface area (Å²) in [5, 5.41) is 26.8. The molecule has 0 spiro atoms. The van der Waals surface area contributed by atoms with Crippen LogP contribution in [0.5, 0.6) is 0 Å². The van der Waals surface area contributed by atoms with Crippen LogP contribution in [0.4, 0.5) is 95.1 Å². The number of aromatic nitrogens is 16. The van der Waals surface area contributed by atoms with Crippen LogP contribution < -0.4 is 63.8 Å². The summed E-state index contributed by atoms with van der Waals surface area (Å²) in [4.78, 5) is 126. The Morgan fingerprint density at radius 3 is 1.19 bits per heavy atom. The second-order valence-electron chi connectivity index (χ2n) is 31.9. The molecule has 0 radical (unpaired) electrons. The minimum Gasteiger partial charge on any atom is -0.381 e. The number of hydrogen-bond donors (Lipinski definition) is 8. The number of hydrogen-bond acceptors (Lipinski definition) is 30. The minimum absolute atomic E-state index is 0.00382. The van der Waals surface area contributed by atoms with Crippen molar-refractivity contribution in [1.29, 1.82) is 0 Å². The Kier molecular flexibility index (Phi) is 27.0. The molecule has 18 heterocycles. The highest BCUT2D eigenvalue weighted by molar-refractivity contribution is 6.15. The molecule has 6 saturated heterocycles. The Morgan fingerprint density at radius 2 is 0.789 bits per heavy atom. The minimum atomic E-state index is -0.685. The van der Waals surface area contributed by atoms with E-state index < -0.39 is 58.5 Å². The number of anilines is 12. The number of piperazine rings is 2. The number of carbonyl (C=O) groups excluding carboxylic acids is 6. The molecular formula is C82H95F6N33O7. The summed E-state index contributed by atoms with van der Waals surface area (Å²) in [6.45, 7) is 10.5. The summed E-state index contributed by atoms with van der Waals surface area (Å²) in [5.41, 5.74) is 27.8. The molecule has 12 aromatic heterocycles. The van der Waals surface area contributed by atoms with Gasteiger partial charge in [0.1, 0.15) is 33.6 Å². The van der Waals surface area contributed by atoms with Crippen molar-refractivity contribution >= 4 is 127 Å². The molecule has 46 heteroatoms. The number of nitrogen functional groups attached to an aromatic ring is 4. The summed E-state index contributed by atoms with van der Waals surface area (Å²) < 4.78 is 94.2. The lowest BCUT2D eigenvalue weighted by Gasteiger charge is -2.42. The lowest BCUT2D eigenvalue weighted by molar-refractivity contribution is -0.138. The van der Waals surface area contributed by atoms with Gasteiger partial charge < -0.3 is 88.1 Å². The summed E-state index contributed by atoms with van der Waals surface area (Å²) >= 11 is 0. The highest BCUT2D eigenvalue weighted by Crippen LogP contribution is 2.37. The lowest BCUT2D eigenvalue weighted by atomic mass is 10.0. The van der Waals surface area contributed by atoms with Crippen molar-refractivity contribution in [3.8, 4) is 0 Å². The van der Waals surface area contributed by atoms with E-state index in [9.17, 15) is 55.1 Å². The van der Waals surface area contributed by atoms with Gasteiger partial charge in [-0.05, 0) is 98.1 Å². The van der Waals surface area contributed by atoms with Crippen molar-refractivity contribution in [2.75, 3.05) is 197 Å². The van der Waals surface area contributed by atoms with Crippen LogP contribution in [-0.4, -0.2) is 289 Å². The van der Waals surface area contributed by atoms with Gasteiger partial charge in [-0.25, -0.2) is 64.3 Å². The van der Waals surface area contributed by atoms with Gasteiger partial charge in [0.2, 0.25) is 11.8 Å². The van der Waals surface area contributed by atoms with E-state index in [1.807, 2.05) is 48.0 Å². The van der Waals surface area contributed by atoms with Crippen LogP contribution in [0.3, 0.4) is 0 Å². The Morgan fingerprint density at radius 1 is 0.422 bits per heavy atom. The van der Waals surface area contributed by atoms with Crippen molar-refractivity contribution in [3.05, 3.63) is 168 Å². The standard InChI is InChI=1S/C23H29FN8O2.C22H25F2N9O2.C20H23F2N9O2.C17H18FN7O/c1-30-8-3-16(4-9-30)34-17-5-10-31(11-6-17)19-2-7-26-13-18(19)28-23(33)20-21(25)29-32-14-15(24)12-27-22(20)32;1-30-6-7-32(17(34)12-30)14-2-4-31(5-3-14)19-15(24)9-26-10-16(19)28-22(35)18-20(25)29-33-11-13(23)8-27-21(18)33;1-28(2)11-15(32)29-3-5-30(6-4-29)17-13(22)8-24-9-14(17)26-20(33)16-18(23)27-31-10-12(21)7-25-19(16)31;18-11-8-21-16-14(15(19)23-25(16)10-11)17(26)22-12-9-20-5-4-13(12)24-6-2-1-3-7-24/h2,7,12-14,16-17H,3-6,8-11H2,1H3,(H2,25,29)(H,28,33);8-11,14H,2-7,12H2,1H3,(H2,25,29)(H,28,35);7-10H,3-6,11H2,1-2H3,(H2,23,27)(H,26,33);4-5,8-10H,1-3,6-7H2,(H2,19,23)(H,22,26). The van der Waals surface area contributed by atoms with Gasteiger partial charge in [-0.3, -0.25) is 53.6 Å². The molecule has 18 rings (SSSR count). The van der Waals surface area contributed by atoms with Crippen LogP contribution in [0, 0.1) is 34.9 Å². The topological polar surface area (TPSA) is 465 Å². The third-order valence-corrected chi connectivity index (χ3v) is 22.7. The van der Waals surface area contributed by atoms with E-state index in [2.05, 4.69) is 103 Å². The number of pyridine rings is 4. The Balaban J connectivity index is 0.000000132. The van der Waals surface area contributed by atoms with Crippen LogP contribution in [0.1, 0.15) is 99.2 Å². The normalized spacial score (nSPS) is 16.4. The zero-order valence-corrected chi connectivity index (χ0v) is 70.4. The summed E-state index contributed by atoms with van der Waals surface area (Å²) in [6, 6.07) is 3.87. The number of nitrogens with two attached hydrogens (primary N) is 4. The van der Waals surface area contributed by atoms with Crippen molar-refractivity contribution in [2.24, 2.45) is 0 Å². The molecule has 0 aromatic carbocycles. The molecule has 0 unspecified atom stereocenters. The maximum Gasteiger partial charge on any atom is 0.263 e. The molecule has 128 heavy (non-hydrogen) atoms. The van der Waals surface area contributed by atoms with E-state index in [0.29, 0.717) is 89.2 Å². The first-order chi connectivity index (χ1) is 61.7. The van der Waals surface area contributed by atoms with Crippen LogP contribution in [0.2, 0.25) is 0 Å². The van der Waals surface area contributed by atoms with Gasteiger partial charge in [-0.15, -0.1) is 20.4 Å². The molecular weight excluding hydrogens is 1670 g/mol. The van der Waals surface area contributed by atoms with Crippen molar-refractivity contribution in [3.63, 3.8) is 0 Å². The first-order valence-corrected chi connectivity index (χ1v) is 41.5. The number of nitrogens with zero attached hydrogens (tertiary/aromatic N) is 25. The van der Waals surface area contributed by atoms with Gasteiger partial charge in [0.05, 0.1) is 146 Å². The number of likely N-dealkylation sites (tertiary alicyclic amines) is 1. The average Bonchev–Trinajstić information content (AvgIpc) is 1.62. The number of rotatable bonds is 17. The Hall–Kier alpha value is -14.3. The summed E-state index contributed by atoms with van der Waals surface area (Å²) in [7, 11) is 7.71. The molecule has 6 aliphatic rings. The quantitative estimate of drug-likeness (QED) is 0.0507. The predicted molar refractivity (Wildman–Crippen MR) is 463 cm³/mol. The SMILES string of the molecule is CN(C)CC(=O)N1CCN(c2c(F)cncc2NC(=O)c2c(N)nn3cc(F)cnc23)CC1.CN1CCC(OC2CCN(c3ccncc3NC(=O)c3c(N)nn4cc(F)cnc34)CC2)CC1.CN1CCN(C2CCN(c3c(F)cncc3NC(=O)c3c(N)nn4cc(F)cnc34)CC2)C(=O)C1.Nc1nn2cc(F)cnc2c1C(=O)Nc1cnccc1N1CCCCC1. The third kappa shape index (κ3) is 20.1. The zero-order valence-electron chi connectivity index (χ0n) is 70.4. The van der Waals surface area contributed by atoms with Crippen molar-refractivity contribution < 1.29 is 59.8 Å². The number of likely N-dealkylation sites (N-methyl/N-ethyl adjacent to an activating group) is 2. The lowest BCUT2D eigenvalue weighted by Crippen LogP contribution is -2.55. The fourth-order valence-corrected chi connectivity index (χ4v) is 16.4. The molecule has 6 amide bonds. The molecule has 0 bridgehead atoms. The maximum atomic E-state index is 14.9. The smallest absolute Gasteiger partial charge is 0.263 e. The van der Waals surface area contributed by atoms with Crippen LogP contribution in [0.15, 0.2) is 111 Å². The highest BCUT2D eigenvalue weighted by atomic mass is 19.1. The third-order valence-electron chi connectivity index (χ3n) is 22.7. The fourth-order valence-electron chi connectivity index (χ4n) is 16.4. The van der Waals surface area contributed by atoms with Gasteiger partial charge in [-0.1, -0.05) is 0 Å². The molecule has 672 valence electrons. The first-order valence-electron chi connectivity index (χ1n) is 41.5. The fraction of sp³-hybridized carbons (Fsp3) is 0.390. The van der Waals surface area contributed by atoms with E-state index in [1.54, 1.807) is 39.5 Å². The number of nitrogens with one attached hydrogen (secondary N) is 4. The molecule has 40 nitrogen and oxygen atoms in total. The molecule has 6 fully saturated rings. The molecule has 0 aliphatic carbocycles. The number of piperidine rings is 4. The molecule has 0 saturated carbocycles. The van der Waals surface area contributed by atoms with E-state index in [-0.39, 0.29) is 115 Å². The van der Waals surface area contributed by atoms with E-state index in [4.69, 9.17) is 27.7 Å².